The molecule has 16 heavy (non-hydrogen) atoms. The minimum Gasteiger partial charge on any atom is -0.321 e. The van der Waals surface area contributed by atoms with Crippen molar-refractivity contribution in [2.45, 2.75) is 0 Å². The summed E-state index contributed by atoms with van der Waals surface area (Å²) in [5, 5.41) is 4.47. The van der Waals surface area contributed by atoms with Gasteiger partial charge in [-0.2, -0.15) is 0 Å². The van der Waals surface area contributed by atoms with E-state index in [4.69, 9.17) is 0 Å². The van der Waals surface area contributed by atoms with E-state index in [0.29, 0.717) is 16.1 Å². The van der Waals surface area contributed by atoms with Crippen LogP contribution in [-0.2, 0) is 0 Å². The fraction of sp³-hybridized carbons (Fsp3) is 0. The summed E-state index contributed by atoms with van der Waals surface area (Å²) in [5.41, 5.74) is 1.14. The van der Waals surface area contributed by atoms with E-state index < -0.39 is 0 Å². The maximum absolute atomic E-state index is 11.8. The second-order valence-corrected chi connectivity index (χ2v) is 4.08. The first-order valence-electron chi connectivity index (χ1n) is 4.70. The number of rotatable bonds is 3. The van der Waals surface area contributed by atoms with E-state index in [9.17, 15) is 9.59 Å². The number of anilines is 1. The minimum atomic E-state index is -0.206. The summed E-state index contributed by atoms with van der Waals surface area (Å²) in [7, 11) is 0. The number of carbonyl (C=O) groups excluding carboxylic acids is 2. The SMILES string of the molecule is O=Cc1sccc1NC(=O)c1ccccc1. The predicted molar refractivity (Wildman–Crippen MR) is 64.1 cm³/mol. The fourth-order valence-corrected chi connectivity index (χ4v) is 1.95. The van der Waals surface area contributed by atoms with Crippen LogP contribution in [0, 0.1) is 0 Å². The second-order valence-electron chi connectivity index (χ2n) is 3.14. The van der Waals surface area contributed by atoms with Crippen LogP contribution >= 0.6 is 11.3 Å². The molecular weight excluding hydrogens is 222 g/mol. The number of carbonyl (C=O) groups is 2. The molecule has 2 aromatic rings. The van der Waals surface area contributed by atoms with Gasteiger partial charge in [0.05, 0.1) is 10.6 Å². The number of hydrogen-bond acceptors (Lipinski definition) is 3. The van der Waals surface area contributed by atoms with Crippen LogP contribution in [0.2, 0.25) is 0 Å². The first kappa shape index (κ1) is 10.6. The van der Waals surface area contributed by atoms with Crippen molar-refractivity contribution < 1.29 is 9.59 Å². The Kier molecular flexibility index (Phi) is 3.12. The van der Waals surface area contributed by atoms with Crippen molar-refractivity contribution in [3.63, 3.8) is 0 Å². The zero-order valence-electron chi connectivity index (χ0n) is 8.34. The molecule has 0 spiro atoms. The van der Waals surface area contributed by atoms with Crippen LogP contribution in [0.5, 0.6) is 0 Å². The molecule has 2 rings (SSSR count). The predicted octanol–water partition coefficient (Wildman–Crippen LogP) is 2.81. The molecule has 1 N–H and O–H groups in total. The lowest BCUT2D eigenvalue weighted by molar-refractivity contribution is 0.102. The van der Waals surface area contributed by atoms with Crippen molar-refractivity contribution in [3.8, 4) is 0 Å². The van der Waals surface area contributed by atoms with Crippen LogP contribution in [0.3, 0.4) is 0 Å². The molecule has 0 aliphatic carbocycles. The Morgan fingerprint density at radius 1 is 1.19 bits per heavy atom. The van der Waals surface area contributed by atoms with Gasteiger partial charge in [0.15, 0.2) is 6.29 Å². The molecule has 1 heterocycles. The molecule has 0 atom stereocenters. The maximum Gasteiger partial charge on any atom is 0.255 e. The lowest BCUT2D eigenvalue weighted by Crippen LogP contribution is -2.11. The van der Waals surface area contributed by atoms with Crippen molar-refractivity contribution in [1.82, 2.24) is 0 Å². The normalized spacial score (nSPS) is 9.75. The molecule has 1 aromatic carbocycles. The van der Waals surface area contributed by atoms with E-state index in [1.54, 1.807) is 35.7 Å². The summed E-state index contributed by atoms with van der Waals surface area (Å²) < 4.78 is 0. The van der Waals surface area contributed by atoms with Crippen molar-refractivity contribution in [2.75, 3.05) is 5.32 Å². The second kappa shape index (κ2) is 4.72. The summed E-state index contributed by atoms with van der Waals surface area (Å²) >= 11 is 1.30. The molecule has 1 amide bonds. The molecule has 80 valence electrons. The van der Waals surface area contributed by atoms with E-state index in [0.717, 1.165) is 6.29 Å². The average molecular weight is 231 g/mol. The molecule has 0 radical (unpaired) electrons. The topological polar surface area (TPSA) is 46.2 Å². The van der Waals surface area contributed by atoms with Gasteiger partial charge in [-0.3, -0.25) is 9.59 Å². The zero-order chi connectivity index (χ0) is 11.4. The van der Waals surface area contributed by atoms with Gasteiger partial charge in [-0.15, -0.1) is 11.3 Å². The largest absolute Gasteiger partial charge is 0.321 e. The van der Waals surface area contributed by atoms with E-state index in [1.807, 2.05) is 6.07 Å². The number of thiophene rings is 1. The number of amides is 1. The Labute approximate surface area is 96.7 Å². The lowest BCUT2D eigenvalue weighted by Gasteiger charge is -2.03. The highest BCUT2D eigenvalue weighted by Gasteiger charge is 2.08. The maximum atomic E-state index is 11.8. The van der Waals surface area contributed by atoms with Crippen LogP contribution in [0.4, 0.5) is 5.69 Å². The minimum absolute atomic E-state index is 0.206. The standard InChI is InChI=1S/C12H9NO2S/c14-8-11-10(6-7-16-11)13-12(15)9-4-2-1-3-5-9/h1-8H,(H,13,15). The molecule has 3 nitrogen and oxygen atoms in total. The number of hydrogen-bond donors (Lipinski definition) is 1. The quantitative estimate of drug-likeness (QED) is 0.825. The number of nitrogens with one attached hydrogen (secondary N) is 1. The molecule has 0 saturated heterocycles. The molecule has 1 aromatic heterocycles. The molecule has 0 unspecified atom stereocenters. The summed E-state index contributed by atoms with van der Waals surface area (Å²) in [6.45, 7) is 0. The lowest BCUT2D eigenvalue weighted by atomic mass is 10.2. The molecular formula is C12H9NO2S. The van der Waals surface area contributed by atoms with Crippen LogP contribution in [0.15, 0.2) is 41.8 Å². The molecule has 0 aliphatic rings. The van der Waals surface area contributed by atoms with Gasteiger partial charge in [-0.05, 0) is 23.6 Å². The van der Waals surface area contributed by atoms with E-state index in [-0.39, 0.29) is 5.91 Å². The third-order valence-corrected chi connectivity index (χ3v) is 2.93. The van der Waals surface area contributed by atoms with E-state index >= 15 is 0 Å². The summed E-state index contributed by atoms with van der Waals surface area (Å²) in [5.74, 6) is -0.206. The van der Waals surface area contributed by atoms with Crippen LogP contribution in [-0.4, -0.2) is 12.2 Å². The van der Waals surface area contributed by atoms with Crippen LogP contribution in [0.25, 0.3) is 0 Å². The van der Waals surface area contributed by atoms with Gasteiger partial charge in [0, 0.05) is 5.56 Å². The molecule has 0 aliphatic heterocycles. The van der Waals surface area contributed by atoms with Gasteiger partial charge < -0.3 is 5.32 Å². The Hall–Kier alpha value is -1.94. The molecule has 4 heteroatoms. The average Bonchev–Trinajstić information content (AvgIpc) is 2.77. The highest BCUT2D eigenvalue weighted by molar-refractivity contribution is 7.12. The summed E-state index contributed by atoms with van der Waals surface area (Å²) in [6.07, 6.45) is 0.741. The molecule has 0 fully saturated rings. The Bertz CT molecular complexity index is 505. The van der Waals surface area contributed by atoms with Crippen LogP contribution in [0.1, 0.15) is 20.0 Å². The number of aldehydes is 1. The van der Waals surface area contributed by atoms with E-state index in [1.165, 1.54) is 11.3 Å². The van der Waals surface area contributed by atoms with Gasteiger partial charge in [0.2, 0.25) is 0 Å². The Morgan fingerprint density at radius 2 is 1.94 bits per heavy atom. The zero-order valence-corrected chi connectivity index (χ0v) is 9.16. The van der Waals surface area contributed by atoms with Crippen molar-refractivity contribution in [1.29, 1.82) is 0 Å². The Morgan fingerprint density at radius 3 is 2.62 bits per heavy atom. The van der Waals surface area contributed by atoms with Gasteiger partial charge in [0.25, 0.3) is 5.91 Å². The fourth-order valence-electron chi connectivity index (χ4n) is 1.30. The Balaban J connectivity index is 2.17. The summed E-state index contributed by atoms with van der Waals surface area (Å²) in [4.78, 5) is 23.0. The van der Waals surface area contributed by atoms with Crippen LogP contribution < -0.4 is 5.32 Å². The highest BCUT2D eigenvalue weighted by Crippen LogP contribution is 2.20. The van der Waals surface area contributed by atoms with Crippen molar-refractivity contribution in [2.24, 2.45) is 0 Å². The van der Waals surface area contributed by atoms with Crippen molar-refractivity contribution in [3.05, 3.63) is 52.2 Å². The smallest absolute Gasteiger partial charge is 0.255 e. The molecule has 0 saturated carbocycles. The van der Waals surface area contributed by atoms with Gasteiger partial charge in [0.1, 0.15) is 0 Å². The first-order valence-corrected chi connectivity index (χ1v) is 5.58. The highest BCUT2D eigenvalue weighted by atomic mass is 32.1. The first-order chi connectivity index (χ1) is 7.81. The number of benzene rings is 1. The van der Waals surface area contributed by atoms with Gasteiger partial charge in [-0.1, -0.05) is 18.2 Å². The monoisotopic (exact) mass is 231 g/mol. The molecule has 0 bridgehead atoms. The van der Waals surface area contributed by atoms with Gasteiger partial charge >= 0.3 is 0 Å². The van der Waals surface area contributed by atoms with Crippen molar-refractivity contribution >= 4 is 29.2 Å². The third kappa shape index (κ3) is 2.17. The third-order valence-electron chi connectivity index (χ3n) is 2.09. The summed E-state index contributed by atoms with van der Waals surface area (Å²) in [6, 6.07) is 10.6. The van der Waals surface area contributed by atoms with Gasteiger partial charge in [-0.25, -0.2) is 0 Å². The van der Waals surface area contributed by atoms with E-state index in [2.05, 4.69) is 5.32 Å².